The average Bonchev–Trinajstić information content (AvgIpc) is 2.21. The van der Waals surface area contributed by atoms with Crippen LogP contribution >= 0.6 is 0 Å². The Morgan fingerprint density at radius 1 is 1.42 bits per heavy atom. The fraction of sp³-hybridized carbons (Fsp3) is 0.500. The summed E-state index contributed by atoms with van der Waals surface area (Å²) >= 11 is 0. The maximum absolute atomic E-state index is 5.22. The summed E-state index contributed by atoms with van der Waals surface area (Å²) in [5, 5.41) is 0. The maximum atomic E-state index is 5.22. The minimum Gasteiger partial charge on any atom is -0.378 e. The lowest BCUT2D eigenvalue weighted by Gasteiger charge is -2.27. The number of hydrogen-bond donors (Lipinski definition) is 0. The molecule has 1 fully saturated rings. The van der Waals surface area contributed by atoms with Gasteiger partial charge in [0.25, 0.3) is 0 Å². The van der Waals surface area contributed by atoms with Crippen LogP contribution in [0.25, 0.3) is 0 Å². The molecule has 0 N–H and O–H groups in total. The van der Waals surface area contributed by atoms with Gasteiger partial charge in [0.1, 0.15) is 12.0 Å². The van der Waals surface area contributed by atoms with E-state index in [1.807, 2.05) is 0 Å². The second-order valence-corrected chi connectivity index (χ2v) is 2.61. The minimum atomic E-state index is 0.774. The number of hydrogen-bond acceptors (Lipinski definition) is 4. The van der Waals surface area contributed by atoms with Gasteiger partial charge in [-0.3, -0.25) is 4.98 Å². The average molecular weight is 164 g/mol. The van der Waals surface area contributed by atoms with E-state index < -0.39 is 0 Å². The van der Waals surface area contributed by atoms with Crippen LogP contribution in [0.2, 0.25) is 0 Å². The zero-order valence-corrected chi connectivity index (χ0v) is 6.73. The Morgan fingerprint density at radius 3 is 2.92 bits per heavy atom. The first-order valence-corrected chi connectivity index (χ1v) is 3.97. The zero-order valence-electron chi connectivity index (χ0n) is 6.73. The van der Waals surface area contributed by atoms with Gasteiger partial charge >= 0.3 is 0 Å². The van der Waals surface area contributed by atoms with Crippen molar-refractivity contribution in [2.24, 2.45) is 0 Å². The van der Waals surface area contributed by atoms with Crippen LogP contribution in [-0.2, 0) is 4.74 Å². The lowest BCUT2D eigenvalue weighted by atomic mass is 10.4. The monoisotopic (exact) mass is 164 g/mol. The molecular formula is C8H10N3O. The normalized spacial score (nSPS) is 17.8. The Bertz CT molecular complexity index is 233. The van der Waals surface area contributed by atoms with Crippen LogP contribution in [0, 0.1) is 6.20 Å². The minimum absolute atomic E-state index is 0.774. The maximum Gasteiger partial charge on any atom is 0.148 e. The Balaban J connectivity index is 2.08. The topological polar surface area (TPSA) is 38.2 Å². The summed E-state index contributed by atoms with van der Waals surface area (Å²) in [5.74, 6) is 0.890. The van der Waals surface area contributed by atoms with E-state index in [4.69, 9.17) is 4.74 Å². The molecule has 2 rings (SSSR count). The van der Waals surface area contributed by atoms with Crippen molar-refractivity contribution in [1.29, 1.82) is 0 Å². The fourth-order valence-corrected chi connectivity index (χ4v) is 1.21. The van der Waals surface area contributed by atoms with Crippen LogP contribution in [0.5, 0.6) is 0 Å². The first-order chi connectivity index (χ1) is 5.97. The van der Waals surface area contributed by atoms with Gasteiger partial charge in [0.2, 0.25) is 0 Å². The molecule has 0 saturated carbocycles. The summed E-state index contributed by atoms with van der Waals surface area (Å²) in [6.07, 6.45) is 6.03. The Kier molecular flexibility index (Phi) is 2.18. The quantitative estimate of drug-likeness (QED) is 0.590. The Labute approximate surface area is 71.2 Å². The predicted octanol–water partition coefficient (Wildman–Crippen LogP) is 0.113. The molecule has 1 saturated heterocycles. The van der Waals surface area contributed by atoms with E-state index in [9.17, 15) is 0 Å². The fourth-order valence-electron chi connectivity index (χ4n) is 1.21. The number of morpholine rings is 1. The summed E-state index contributed by atoms with van der Waals surface area (Å²) in [7, 11) is 0. The van der Waals surface area contributed by atoms with Crippen molar-refractivity contribution in [3.8, 4) is 0 Å². The van der Waals surface area contributed by atoms with Gasteiger partial charge in [0.15, 0.2) is 0 Å². The lowest BCUT2D eigenvalue weighted by molar-refractivity contribution is 0.122. The highest BCUT2D eigenvalue weighted by molar-refractivity contribution is 5.34. The van der Waals surface area contributed by atoms with Gasteiger partial charge in [0, 0.05) is 13.1 Å². The second kappa shape index (κ2) is 3.49. The summed E-state index contributed by atoms with van der Waals surface area (Å²) < 4.78 is 5.22. The first-order valence-electron chi connectivity index (χ1n) is 3.97. The smallest absolute Gasteiger partial charge is 0.148 e. The van der Waals surface area contributed by atoms with E-state index in [1.54, 1.807) is 12.4 Å². The van der Waals surface area contributed by atoms with Crippen molar-refractivity contribution >= 4 is 5.82 Å². The van der Waals surface area contributed by atoms with Crippen LogP contribution in [0.15, 0.2) is 12.4 Å². The first kappa shape index (κ1) is 7.49. The van der Waals surface area contributed by atoms with Gasteiger partial charge in [-0.05, 0) is 0 Å². The highest BCUT2D eigenvalue weighted by atomic mass is 16.5. The molecule has 63 valence electrons. The van der Waals surface area contributed by atoms with Crippen LogP contribution in [0.3, 0.4) is 0 Å². The highest BCUT2D eigenvalue weighted by Crippen LogP contribution is 2.08. The molecule has 1 aliphatic heterocycles. The van der Waals surface area contributed by atoms with E-state index in [2.05, 4.69) is 21.1 Å². The molecule has 0 aromatic carbocycles. The standard InChI is InChI=1S/C8H10N3O/c1-2-10-8(7-9-1)11-3-5-12-6-4-11/h1,7H,3-6H2. The molecule has 0 unspecified atom stereocenters. The third kappa shape index (κ3) is 1.53. The number of aromatic nitrogens is 2. The molecule has 0 spiro atoms. The van der Waals surface area contributed by atoms with Crippen molar-refractivity contribution < 1.29 is 4.74 Å². The molecular weight excluding hydrogens is 154 g/mol. The SMILES string of the molecule is [c]1cncc(N2CCOCC2)n1. The van der Waals surface area contributed by atoms with Gasteiger partial charge < -0.3 is 9.64 Å². The molecule has 0 amide bonds. The van der Waals surface area contributed by atoms with Gasteiger partial charge in [-0.25, -0.2) is 4.98 Å². The molecule has 1 aliphatic rings. The Hall–Kier alpha value is -1.16. The summed E-state index contributed by atoms with van der Waals surface area (Å²) in [6, 6.07) is 0. The van der Waals surface area contributed by atoms with Gasteiger partial charge in [-0.2, -0.15) is 0 Å². The number of nitrogens with zero attached hydrogens (tertiary/aromatic N) is 3. The van der Waals surface area contributed by atoms with Crippen LogP contribution in [0.1, 0.15) is 0 Å². The van der Waals surface area contributed by atoms with Crippen LogP contribution < -0.4 is 4.90 Å². The highest BCUT2D eigenvalue weighted by Gasteiger charge is 2.11. The van der Waals surface area contributed by atoms with E-state index in [1.165, 1.54) is 0 Å². The lowest BCUT2D eigenvalue weighted by Crippen LogP contribution is -2.36. The van der Waals surface area contributed by atoms with E-state index in [0.717, 1.165) is 32.1 Å². The molecule has 1 aromatic heterocycles. The number of ether oxygens (including phenoxy) is 1. The van der Waals surface area contributed by atoms with Crippen molar-refractivity contribution in [3.05, 3.63) is 18.6 Å². The van der Waals surface area contributed by atoms with E-state index in [-0.39, 0.29) is 0 Å². The van der Waals surface area contributed by atoms with Gasteiger partial charge in [-0.15, -0.1) is 0 Å². The molecule has 4 heteroatoms. The predicted molar refractivity (Wildman–Crippen MR) is 43.9 cm³/mol. The zero-order chi connectivity index (χ0) is 8.23. The molecule has 0 aliphatic carbocycles. The van der Waals surface area contributed by atoms with Crippen LogP contribution in [0.4, 0.5) is 5.82 Å². The number of rotatable bonds is 1. The summed E-state index contributed by atoms with van der Waals surface area (Å²) in [6.45, 7) is 3.34. The second-order valence-electron chi connectivity index (χ2n) is 2.61. The van der Waals surface area contributed by atoms with Crippen molar-refractivity contribution in [3.63, 3.8) is 0 Å². The van der Waals surface area contributed by atoms with Gasteiger partial charge in [-0.1, -0.05) is 0 Å². The van der Waals surface area contributed by atoms with E-state index >= 15 is 0 Å². The Morgan fingerprint density at radius 2 is 2.25 bits per heavy atom. The number of anilines is 1. The molecule has 12 heavy (non-hydrogen) atoms. The van der Waals surface area contributed by atoms with Crippen molar-refractivity contribution in [2.45, 2.75) is 0 Å². The van der Waals surface area contributed by atoms with Gasteiger partial charge in [0.05, 0.1) is 25.6 Å². The third-order valence-corrected chi connectivity index (χ3v) is 1.84. The molecule has 1 aromatic rings. The van der Waals surface area contributed by atoms with Crippen molar-refractivity contribution in [2.75, 3.05) is 31.2 Å². The third-order valence-electron chi connectivity index (χ3n) is 1.84. The van der Waals surface area contributed by atoms with Crippen molar-refractivity contribution in [1.82, 2.24) is 9.97 Å². The molecule has 2 heterocycles. The molecule has 0 atom stereocenters. The summed E-state index contributed by atoms with van der Waals surface area (Å²) in [5.41, 5.74) is 0. The summed E-state index contributed by atoms with van der Waals surface area (Å²) in [4.78, 5) is 10.2. The molecule has 0 bridgehead atoms. The van der Waals surface area contributed by atoms with E-state index in [0.29, 0.717) is 0 Å². The molecule has 1 radical (unpaired) electrons. The van der Waals surface area contributed by atoms with Crippen LogP contribution in [-0.4, -0.2) is 36.3 Å². The largest absolute Gasteiger partial charge is 0.378 e. The molecule has 4 nitrogen and oxygen atoms in total.